The summed E-state index contributed by atoms with van der Waals surface area (Å²) in [5.41, 5.74) is 0.715. The lowest BCUT2D eigenvalue weighted by Crippen LogP contribution is -2.23. The van der Waals surface area contributed by atoms with Crippen molar-refractivity contribution in [1.82, 2.24) is 0 Å². The Labute approximate surface area is 124 Å². The average molecular weight is 335 g/mol. The average Bonchev–Trinajstić information content (AvgIpc) is 2.39. The fraction of sp³-hybridized carbons (Fsp3) is 0.0714. The van der Waals surface area contributed by atoms with Crippen LogP contribution in [0.3, 0.4) is 0 Å². The van der Waals surface area contributed by atoms with Crippen LogP contribution in [-0.4, -0.2) is 10.8 Å². The van der Waals surface area contributed by atoms with Gasteiger partial charge in [0.05, 0.1) is 10.6 Å². The van der Waals surface area contributed by atoms with E-state index in [0.717, 1.165) is 4.47 Å². The predicted octanol–water partition coefficient (Wildman–Crippen LogP) is 4.04. The normalized spacial score (nSPS) is 10.1. The van der Waals surface area contributed by atoms with E-state index in [0.29, 0.717) is 5.69 Å². The Kier molecular flexibility index (Phi) is 4.14. The van der Waals surface area contributed by atoms with Gasteiger partial charge in [-0.2, -0.15) is 0 Å². The van der Waals surface area contributed by atoms with Gasteiger partial charge in [0.25, 0.3) is 5.69 Å². The van der Waals surface area contributed by atoms with Crippen molar-refractivity contribution >= 4 is 38.9 Å². The van der Waals surface area contributed by atoms with Gasteiger partial charge in [-0.15, -0.1) is 0 Å². The van der Waals surface area contributed by atoms with Crippen LogP contribution in [0, 0.1) is 10.1 Å². The van der Waals surface area contributed by atoms with E-state index in [1.54, 1.807) is 36.4 Å². The fourth-order valence-electron chi connectivity index (χ4n) is 1.91. The Bertz CT molecular complexity index is 673. The molecular weight excluding hydrogens is 324 g/mol. The first-order chi connectivity index (χ1) is 9.50. The van der Waals surface area contributed by atoms with E-state index in [9.17, 15) is 14.9 Å². The van der Waals surface area contributed by atoms with Gasteiger partial charge in [0.1, 0.15) is 5.69 Å². The molecule has 2 aromatic rings. The van der Waals surface area contributed by atoms with Gasteiger partial charge < -0.3 is 0 Å². The van der Waals surface area contributed by atoms with Crippen molar-refractivity contribution in [2.45, 2.75) is 6.92 Å². The molecule has 0 aliphatic heterocycles. The Morgan fingerprint density at radius 3 is 2.50 bits per heavy atom. The third-order valence-corrected chi connectivity index (χ3v) is 3.19. The number of benzene rings is 2. The second-order valence-corrected chi connectivity index (χ2v) is 5.00. The number of amides is 1. The van der Waals surface area contributed by atoms with E-state index < -0.39 is 4.92 Å². The molecule has 0 fully saturated rings. The van der Waals surface area contributed by atoms with Crippen LogP contribution in [0.25, 0.3) is 0 Å². The number of hydrogen-bond acceptors (Lipinski definition) is 3. The molecule has 0 atom stereocenters. The van der Waals surface area contributed by atoms with Gasteiger partial charge in [-0.25, -0.2) is 0 Å². The largest absolute Gasteiger partial charge is 0.293 e. The molecule has 0 spiro atoms. The van der Waals surface area contributed by atoms with Gasteiger partial charge in [0.2, 0.25) is 5.91 Å². The van der Waals surface area contributed by atoms with E-state index in [1.807, 2.05) is 6.07 Å². The SMILES string of the molecule is CC(=O)N(c1cccc(Br)c1)c1ccccc1[N+](=O)[O-]. The van der Waals surface area contributed by atoms with Gasteiger partial charge in [0, 0.05) is 17.5 Å². The third-order valence-electron chi connectivity index (χ3n) is 2.70. The lowest BCUT2D eigenvalue weighted by atomic mass is 10.2. The van der Waals surface area contributed by atoms with Gasteiger partial charge in [-0.05, 0) is 24.3 Å². The summed E-state index contributed by atoms with van der Waals surface area (Å²) in [5.74, 6) is -0.294. The first-order valence-corrected chi connectivity index (χ1v) is 6.59. The first-order valence-electron chi connectivity index (χ1n) is 5.80. The smallest absolute Gasteiger partial charge is 0.275 e. The summed E-state index contributed by atoms with van der Waals surface area (Å²) in [6.07, 6.45) is 0. The second kappa shape index (κ2) is 5.83. The highest BCUT2D eigenvalue weighted by Crippen LogP contribution is 2.34. The number of nitro groups is 1. The number of hydrogen-bond donors (Lipinski definition) is 0. The van der Waals surface area contributed by atoms with E-state index in [1.165, 1.54) is 17.9 Å². The molecule has 0 aliphatic carbocycles. The number of para-hydroxylation sites is 2. The predicted molar refractivity (Wildman–Crippen MR) is 80.1 cm³/mol. The summed E-state index contributed by atoms with van der Waals surface area (Å²) in [5, 5.41) is 11.1. The molecule has 0 heterocycles. The third kappa shape index (κ3) is 2.85. The van der Waals surface area contributed by atoms with Crippen LogP contribution >= 0.6 is 15.9 Å². The van der Waals surface area contributed by atoms with Crippen molar-refractivity contribution in [3.8, 4) is 0 Å². The molecule has 20 heavy (non-hydrogen) atoms. The lowest BCUT2D eigenvalue weighted by Gasteiger charge is -2.21. The molecule has 102 valence electrons. The van der Waals surface area contributed by atoms with Gasteiger partial charge in [-0.3, -0.25) is 19.8 Å². The topological polar surface area (TPSA) is 63.5 Å². The standard InChI is InChI=1S/C14H11BrN2O3/c1-10(18)16(12-6-4-5-11(15)9-12)13-7-2-3-8-14(13)17(19)20/h2-9H,1H3. The zero-order valence-corrected chi connectivity index (χ0v) is 12.2. The number of carbonyl (C=O) groups excluding carboxylic acids is 1. The summed E-state index contributed by atoms with van der Waals surface area (Å²) in [6.45, 7) is 1.37. The maximum Gasteiger partial charge on any atom is 0.293 e. The number of nitrogens with zero attached hydrogens (tertiary/aromatic N) is 2. The number of halogens is 1. The molecule has 1 amide bonds. The zero-order valence-electron chi connectivity index (χ0n) is 10.6. The van der Waals surface area contributed by atoms with Crippen molar-refractivity contribution in [3.05, 3.63) is 63.1 Å². The van der Waals surface area contributed by atoms with Gasteiger partial charge >= 0.3 is 0 Å². The summed E-state index contributed by atoms with van der Waals surface area (Å²) in [7, 11) is 0. The Hall–Kier alpha value is -2.21. The Balaban J connectivity index is 2.61. The van der Waals surface area contributed by atoms with Crippen LogP contribution in [-0.2, 0) is 4.79 Å². The molecule has 0 unspecified atom stereocenters. The minimum absolute atomic E-state index is 0.109. The van der Waals surface area contributed by atoms with Crippen LogP contribution in [0.15, 0.2) is 53.0 Å². The van der Waals surface area contributed by atoms with Crippen molar-refractivity contribution in [2.24, 2.45) is 0 Å². The monoisotopic (exact) mass is 334 g/mol. The van der Waals surface area contributed by atoms with Crippen molar-refractivity contribution < 1.29 is 9.72 Å². The minimum Gasteiger partial charge on any atom is -0.275 e. The zero-order chi connectivity index (χ0) is 14.7. The minimum atomic E-state index is -0.497. The fourth-order valence-corrected chi connectivity index (χ4v) is 2.30. The van der Waals surface area contributed by atoms with Crippen LogP contribution in [0.5, 0.6) is 0 Å². The van der Waals surface area contributed by atoms with Crippen molar-refractivity contribution in [1.29, 1.82) is 0 Å². The molecule has 2 aromatic carbocycles. The summed E-state index contributed by atoms with van der Waals surface area (Å²) in [4.78, 5) is 23.8. The maximum atomic E-state index is 11.9. The van der Waals surface area contributed by atoms with Crippen LogP contribution in [0.1, 0.15) is 6.92 Å². The van der Waals surface area contributed by atoms with Gasteiger partial charge in [-0.1, -0.05) is 34.1 Å². The van der Waals surface area contributed by atoms with Gasteiger partial charge in [0.15, 0.2) is 0 Å². The Morgan fingerprint density at radius 1 is 1.20 bits per heavy atom. The summed E-state index contributed by atoms with van der Waals surface area (Å²) in [6, 6.07) is 13.2. The van der Waals surface area contributed by atoms with Crippen LogP contribution < -0.4 is 4.90 Å². The molecule has 5 nitrogen and oxygen atoms in total. The molecule has 0 N–H and O–H groups in total. The molecule has 2 rings (SSSR count). The first kappa shape index (κ1) is 14.2. The summed E-state index contributed by atoms with van der Waals surface area (Å²) >= 11 is 3.33. The molecule has 0 bridgehead atoms. The van der Waals surface area contributed by atoms with E-state index in [4.69, 9.17) is 0 Å². The lowest BCUT2D eigenvalue weighted by molar-refractivity contribution is -0.384. The molecule has 0 aliphatic rings. The van der Waals surface area contributed by atoms with E-state index >= 15 is 0 Å². The van der Waals surface area contributed by atoms with E-state index in [2.05, 4.69) is 15.9 Å². The molecule has 0 radical (unpaired) electrons. The highest BCUT2D eigenvalue weighted by Gasteiger charge is 2.23. The van der Waals surface area contributed by atoms with Crippen molar-refractivity contribution in [3.63, 3.8) is 0 Å². The molecule has 0 saturated carbocycles. The number of rotatable bonds is 3. The Morgan fingerprint density at radius 2 is 1.90 bits per heavy atom. The second-order valence-electron chi connectivity index (χ2n) is 4.08. The maximum absolute atomic E-state index is 11.9. The highest BCUT2D eigenvalue weighted by atomic mass is 79.9. The number of nitro benzene ring substituents is 1. The number of carbonyl (C=O) groups is 1. The number of anilines is 2. The highest BCUT2D eigenvalue weighted by molar-refractivity contribution is 9.10. The van der Waals surface area contributed by atoms with E-state index in [-0.39, 0.29) is 17.3 Å². The molecule has 0 saturated heterocycles. The molecule has 6 heteroatoms. The molecule has 0 aromatic heterocycles. The van der Waals surface area contributed by atoms with Crippen LogP contribution in [0.2, 0.25) is 0 Å². The van der Waals surface area contributed by atoms with Crippen LogP contribution in [0.4, 0.5) is 17.1 Å². The summed E-state index contributed by atoms with van der Waals surface area (Å²) < 4.78 is 0.792. The molecular formula is C14H11BrN2O3. The van der Waals surface area contributed by atoms with Crippen molar-refractivity contribution in [2.75, 3.05) is 4.90 Å². The quantitative estimate of drug-likeness (QED) is 0.628.